The Morgan fingerprint density at radius 2 is 2.00 bits per heavy atom. The fraction of sp³-hybridized carbons (Fsp3) is 0.700. The minimum absolute atomic E-state index is 0.241. The third kappa shape index (κ3) is 2.73. The zero-order chi connectivity index (χ0) is 12.5. The normalized spacial score (nSPS) is 20.8. The van der Waals surface area contributed by atoms with Crippen LogP contribution in [-0.2, 0) is 0 Å². The van der Waals surface area contributed by atoms with Crippen molar-refractivity contribution in [2.75, 3.05) is 24.4 Å². The van der Waals surface area contributed by atoms with Gasteiger partial charge in [0.05, 0.1) is 7.11 Å². The monoisotopic (exact) mass is 238 g/mol. The minimum atomic E-state index is 0.241. The van der Waals surface area contributed by atoms with E-state index in [1.807, 2.05) is 0 Å². The van der Waals surface area contributed by atoms with E-state index in [4.69, 9.17) is 10.6 Å². The lowest BCUT2D eigenvalue weighted by atomic mass is 10.1. The summed E-state index contributed by atoms with van der Waals surface area (Å²) in [5.41, 5.74) is 2.81. The van der Waals surface area contributed by atoms with Crippen LogP contribution < -0.4 is 21.3 Å². The number of anilines is 2. The first kappa shape index (κ1) is 11.8. The first-order chi connectivity index (χ1) is 8.05. The molecule has 1 aromatic rings. The zero-order valence-corrected chi connectivity index (χ0v) is 10.3. The summed E-state index contributed by atoms with van der Waals surface area (Å²) in [4.78, 5) is 12.1. The highest BCUT2D eigenvalue weighted by Crippen LogP contribution is 2.51. The van der Waals surface area contributed by atoms with Crippen molar-refractivity contribution in [3.63, 3.8) is 0 Å². The Bertz CT molecular complexity index is 386. The van der Waals surface area contributed by atoms with Crippen LogP contribution in [0.5, 0.6) is 6.01 Å². The highest BCUT2D eigenvalue weighted by molar-refractivity contribution is 5.35. The Labute approximate surface area is 100 Å². The summed E-state index contributed by atoms with van der Waals surface area (Å²) in [6.07, 6.45) is 1.23. The summed E-state index contributed by atoms with van der Waals surface area (Å²) in [6.45, 7) is 5.35. The molecule has 0 saturated heterocycles. The van der Waals surface area contributed by atoms with Gasteiger partial charge in [0.1, 0.15) is 0 Å². The Balaban J connectivity index is 2.00. The summed E-state index contributed by atoms with van der Waals surface area (Å²) in [6, 6.07) is 0.241. The molecule has 0 aromatic carbocycles. The number of rotatable bonds is 5. The van der Waals surface area contributed by atoms with Crippen LogP contribution in [0.3, 0.4) is 0 Å². The maximum absolute atomic E-state index is 5.27. The number of ether oxygens (including phenoxy) is 1. The zero-order valence-electron chi connectivity index (χ0n) is 10.3. The number of nitrogens with zero attached hydrogens (tertiary/aromatic N) is 3. The number of nitrogens with one attached hydrogen (secondary N) is 2. The third-order valence-corrected chi connectivity index (χ3v) is 3.15. The van der Waals surface area contributed by atoms with Gasteiger partial charge >= 0.3 is 6.01 Å². The molecule has 0 amide bonds. The summed E-state index contributed by atoms with van der Waals surface area (Å²) in [5.74, 6) is 6.70. The van der Waals surface area contributed by atoms with Gasteiger partial charge in [-0.3, -0.25) is 5.43 Å². The molecule has 17 heavy (non-hydrogen) atoms. The van der Waals surface area contributed by atoms with Crippen LogP contribution in [0.2, 0.25) is 0 Å². The van der Waals surface area contributed by atoms with Gasteiger partial charge in [-0.15, -0.1) is 0 Å². The molecule has 0 spiro atoms. The standard InChI is InChI=1S/C10H18N6O/c1-10(2)4-6(10)5-12-7-13-8(16-11)15-9(14-7)17-3/h6H,4-5,11H2,1-3H3,(H2,12,13,14,15,16). The van der Waals surface area contributed by atoms with Gasteiger partial charge in [-0.1, -0.05) is 13.8 Å². The highest BCUT2D eigenvalue weighted by atomic mass is 16.5. The molecule has 2 rings (SSSR count). The molecule has 7 nitrogen and oxygen atoms in total. The van der Waals surface area contributed by atoms with Gasteiger partial charge in [0.15, 0.2) is 0 Å². The first-order valence-electron chi connectivity index (χ1n) is 5.55. The molecular formula is C10H18N6O. The van der Waals surface area contributed by atoms with Crippen molar-refractivity contribution in [1.82, 2.24) is 15.0 Å². The van der Waals surface area contributed by atoms with Gasteiger partial charge in [-0.05, 0) is 17.8 Å². The SMILES string of the molecule is COc1nc(NN)nc(NCC2CC2(C)C)n1. The fourth-order valence-electron chi connectivity index (χ4n) is 1.73. The van der Waals surface area contributed by atoms with Crippen molar-refractivity contribution in [1.29, 1.82) is 0 Å². The number of aromatic nitrogens is 3. The Morgan fingerprint density at radius 1 is 1.35 bits per heavy atom. The first-order valence-corrected chi connectivity index (χ1v) is 5.55. The lowest BCUT2D eigenvalue weighted by molar-refractivity contribution is 0.379. The molecule has 1 atom stereocenters. The number of nitrogen functional groups attached to an aromatic ring is 1. The minimum Gasteiger partial charge on any atom is -0.467 e. The van der Waals surface area contributed by atoms with Crippen LogP contribution in [0, 0.1) is 11.3 Å². The number of hydrogen-bond acceptors (Lipinski definition) is 7. The summed E-state index contributed by atoms with van der Waals surface area (Å²) in [5, 5.41) is 3.17. The second-order valence-corrected chi connectivity index (χ2v) is 4.88. The molecule has 1 heterocycles. The summed E-state index contributed by atoms with van der Waals surface area (Å²) in [7, 11) is 1.50. The van der Waals surface area contributed by atoms with Gasteiger partial charge < -0.3 is 10.1 Å². The van der Waals surface area contributed by atoms with Crippen LogP contribution in [0.15, 0.2) is 0 Å². The number of hydrazine groups is 1. The van der Waals surface area contributed by atoms with Crippen molar-refractivity contribution in [2.24, 2.45) is 17.2 Å². The molecule has 0 radical (unpaired) electrons. The van der Waals surface area contributed by atoms with Crippen LogP contribution in [0.25, 0.3) is 0 Å². The van der Waals surface area contributed by atoms with Crippen molar-refractivity contribution in [3.05, 3.63) is 0 Å². The van der Waals surface area contributed by atoms with Crippen molar-refractivity contribution >= 4 is 11.9 Å². The molecule has 1 saturated carbocycles. The maximum Gasteiger partial charge on any atom is 0.322 e. The Hall–Kier alpha value is -1.63. The van der Waals surface area contributed by atoms with Gasteiger partial charge in [0.2, 0.25) is 11.9 Å². The number of nitrogens with two attached hydrogens (primary N) is 1. The maximum atomic E-state index is 5.27. The van der Waals surface area contributed by atoms with Gasteiger partial charge in [-0.2, -0.15) is 15.0 Å². The van der Waals surface area contributed by atoms with E-state index in [0.29, 0.717) is 17.3 Å². The van der Waals surface area contributed by atoms with Crippen LogP contribution in [0.4, 0.5) is 11.9 Å². The Morgan fingerprint density at radius 3 is 2.53 bits per heavy atom. The molecule has 1 aliphatic rings. The van der Waals surface area contributed by atoms with Gasteiger partial charge in [-0.25, -0.2) is 5.84 Å². The van der Waals surface area contributed by atoms with Gasteiger partial charge in [0, 0.05) is 6.54 Å². The quantitative estimate of drug-likeness (QED) is 0.511. The van der Waals surface area contributed by atoms with Crippen molar-refractivity contribution in [2.45, 2.75) is 20.3 Å². The average molecular weight is 238 g/mol. The molecule has 1 unspecified atom stereocenters. The summed E-state index contributed by atoms with van der Waals surface area (Å²) < 4.78 is 4.96. The molecule has 94 valence electrons. The lowest BCUT2D eigenvalue weighted by Crippen LogP contribution is -2.15. The van der Waals surface area contributed by atoms with Crippen molar-refractivity contribution < 1.29 is 4.74 Å². The topological polar surface area (TPSA) is 98.0 Å². The molecule has 4 N–H and O–H groups in total. The second-order valence-electron chi connectivity index (χ2n) is 4.88. The largest absolute Gasteiger partial charge is 0.467 e. The molecule has 1 aliphatic carbocycles. The molecule has 1 fully saturated rings. The molecule has 0 aliphatic heterocycles. The Kier molecular flexibility index (Phi) is 3.01. The van der Waals surface area contributed by atoms with E-state index in [9.17, 15) is 0 Å². The van der Waals surface area contributed by atoms with E-state index in [1.54, 1.807) is 0 Å². The highest BCUT2D eigenvalue weighted by Gasteiger charge is 2.45. The predicted molar refractivity (Wildman–Crippen MR) is 64.6 cm³/mol. The number of methoxy groups -OCH3 is 1. The van der Waals surface area contributed by atoms with Gasteiger partial charge in [0.25, 0.3) is 0 Å². The van der Waals surface area contributed by atoms with E-state index in [-0.39, 0.29) is 12.0 Å². The van der Waals surface area contributed by atoms with Crippen LogP contribution >= 0.6 is 0 Å². The molecule has 0 bridgehead atoms. The number of hydrogen-bond donors (Lipinski definition) is 3. The lowest BCUT2D eigenvalue weighted by Gasteiger charge is -2.08. The third-order valence-electron chi connectivity index (χ3n) is 3.15. The van der Waals surface area contributed by atoms with Crippen LogP contribution in [0.1, 0.15) is 20.3 Å². The summed E-state index contributed by atoms with van der Waals surface area (Å²) >= 11 is 0. The molecule has 7 heteroatoms. The average Bonchev–Trinajstić information content (AvgIpc) is 2.94. The smallest absolute Gasteiger partial charge is 0.322 e. The van der Waals surface area contributed by atoms with E-state index in [1.165, 1.54) is 13.5 Å². The molecular weight excluding hydrogens is 220 g/mol. The predicted octanol–water partition coefficient (Wildman–Crippen LogP) is 0.624. The van der Waals surface area contributed by atoms with E-state index in [2.05, 4.69) is 39.5 Å². The van der Waals surface area contributed by atoms with Crippen LogP contribution in [-0.4, -0.2) is 28.6 Å². The van der Waals surface area contributed by atoms with E-state index < -0.39 is 0 Å². The molecule has 1 aromatic heterocycles. The van der Waals surface area contributed by atoms with Crippen molar-refractivity contribution in [3.8, 4) is 6.01 Å². The fourth-order valence-corrected chi connectivity index (χ4v) is 1.73. The van der Waals surface area contributed by atoms with E-state index in [0.717, 1.165) is 6.54 Å². The van der Waals surface area contributed by atoms with E-state index >= 15 is 0 Å². The second kappa shape index (κ2) is 4.33.